The van der Waals surface area contributed by atoms with Crippen molar-refractivity contribution in [3.63, 3.8) is 0 Å². The van der Waals surface area contributed by atoms with Gasteiger partial charge in [-0.1, -0.05) is 18.2 Å². The molecule has 2 heterocycles. The van der Waals surface area contributed by atoms with E-state index in [0.717, 1.165) is 22.7 Å². The van der Waals surface area contributed by atoms with Gasteiger partial charge in [-0.05, 0) is 19.9 Å². The Morgan fingerprint density at radius 1 is 1.21 bits per heavy atom. The number of sulfonamides is 1. The molecular formula is C15H20N6O2S. The number of nitrogen functional groups attached to an aromatic ring is 2. The third kappa shape index (κ3) is 3.00. The van der Waals surface area contributed by atoms with Crippen molar-refractivity contribution < 1.29 is 8.42 Å². The Morgan fingerprint density at radius 2 is 1.88 bits per heavy atom. The highest BCUT2D eigenvalue weighted by Gasteiger charge is 2.26. The lowest BCUT2D eigenvalue weighted by molar-refractivity contribution is 0.398. The summed E-state index contributed by atoms with van der Waals surface area (Å²) in [5, 5.41) is 0.862. The maximum atomic E-state index is 11.6. The van der Waals surface area contributed by atoms with E-state index in [1.54, 1.807) is 18.4 Å². The van der Waals surface area contributed by atoms with Gasteiger partial charge in [0.1, 0.15) is 5.52 Å². The molecule has 0 radical (unpaired) electrons. The molecule has 3 rings (SSSR count). The molecule has 5 N–H and O–H groups in total. The molecule has 0 aliphatic carbocycles. The van der Waals surface area contributed by atoms with Crippen molar-refractivity contribution in [1.29, 1.82) is 0 Å². The zero-order valence-corrected chi connectivity index (χ0v) is 14.6. The molecule has 0 atom stereocenters. The number of pyridine rings is 1. The molecule has 0 aliphatic rings. The minimum absolute atomic E-state index is 0.262. The quantitative estimate of drug-likeness (QED) is 0.647. The number of anilines is 2. The van der Waals surface area contributed by atoms with Crippen LogP contribution in [0.1, 0.15) is 13.8 Å². The molecule has 0 saturated carbocycles. The van der Waals surface area contributed by atoms with Crippen LogP contribution in [0.4, 0.5) is 11.8 Å². The average Bonchev–Trinajstić information content (AvgIpc) is 2.74. The Hall–Kier alpha value is -2.39. The lowest BCUT2D eigenvalue weighted by atomic mass is 10.1. The third-order valence-corrected chi connectivity index (χ3v) is 4.58. The van der Waals surface area contributed by atoms with Gasteiger partial charge in [0.05, 0.1) is 17.3 Å². The summed E-state index contributed by atoms with van der Waals surface area (Å²) >= 11 is 0. The molecule has 0 unspecified atom stereocenters. The zero-order chi connectivity index (χ0) is 17.7. The first-order chi connectivity index (χ1) is 11.1. The molecule has 9 heteroatoms. The fraction of sp³-hybridized carbons (Fsp3) is 0.333. The number of nitrogens with two attached hydrogens (primary N) is 2. The molecule has 3 aromatic rings. The van der Waals surface area contributed by atoms with Gasteiger partial charge in [0.2, 0.25) is 16.0 Å². The molecule has 0 fully saturated rings. The number of nitrogens with zero attached hydrogens (tertiary/aromatic N) is 3. The van der Waals surface area contributed by atoms with Crippen LogP contribution in [0.5, 0.6) is 0 Å². The van der Waals surface area contributed by atoms with E-state index >= 15 is 0 Å². The fourth-order valence-corrected chi connectivity index (χ4v) is 4.03. The smallest absolute Gasteiger partial charge is 0.209 e. The Balaban J connectivity index is 2.23. The van der Waals surface area contributed by atoms with Crippen LogP contribution in [0.15, 0.2) is 24.3 Å². The normalized spacial score (nSPS) is 13.0. The summed E-state index contributed by atoms with van der Waals surface area (Å²) in [6.07, 6.45) is 1.13. The van der Waals surface area contributed by atoms with E-state index < -0.39 is 15.6 Å². The maximum absolute atomic E-state index is 11.6. The molecule has 0 saturated heterocycles. The Morgan fingerprint density at radius 3 is 2.54 bits per heavy atom. The summed E-state index contributed by atoms with van der Waals surface area (Å²) < 4.78 is 27.6. The molecule has 2 aromatic heterocycles. The lowest BCUT2D eigenvalue weighted by Gasteiger charge is -2.26. The lowest BCUT2D eigenvalue weighted by Crippen LogP contribution is -2.46. The van der Waals surface area contributed by atoms with E-state index in [1.807, 2.05) is 24.3 Å². The van der Waals surface area contributed by atoms with Gasteiger partial charge in [0.15, 0.2) is 5.82 Å². The van der Waals surface area contributed by atoms with Crippen molar-refractivity contribution >= 4 is 43.7 Å². The van der Waals surface area contributed by atoms with E-state index in [2.05, 4.69) is 14.7 Å². The number of benzene rings is 1. The highest BCUT2D eigenvalue weighted by Crippen LogP contribution is 2.30. The molecular weight excluding hydrogens is 328 g/mol. The topological polar surface area (TPSA) is 129 Å². The van der Waals surface area contributed by atoms with Gasteiger partial charge in [-0.15, -0.1) is 0 Å². The van der Waals surface area contributed by atoms with E-state index in [0.29, 0.717) is 17.9 Å². The third-order valence-electron chi connectivity index (χ3n) is 3.65. The summed E-state index contributed by atoms with van der Waals surface area (Å²) in [5.74, 6) is 0.557. The predicted octanol–water partition coefficient (Wildman–Crippen LogP) is 1.08. The summed E-state index contributed by atoms with van der Waals surface area (Å²) in [5.41, 5.74) is 13.3. The van der Waals surface area contributed by atoms with E-state index in [1.165, 1.54) is 0 Å². The molecule has 128 valence electrons. The zero-order valence-electron chi connectivity index (χ0n) is 13.7. The van der Waals surface area contributed by atoms with Crippen LogP contribution in [-0.4, -0.2) is 34.7 Å². The van der Waals surface area contributed by atoms with Crippen LogP contribution >= 0.6 is 0 Å². The minimum atomic E-state index is -3.36. The first kappa shape index (κ1) is 16.5. The highest BCUT2D eigenvalue weighted by atomic mass is 32.2. The SMILES string of the molecule is CC(C)(Cn1c(N)nc2c(N)nc3ccccc3c21)NS(C)(=O)=O. The largest absolute Gasteiger partial charge is 0.382 e. The van der Waals surface area contributed by atoms with Crippen LogP contribution in [0, 0.1) is 0 Å². The molecule has 1 aromatic carbocycles. The monoisotopic (exact) mass is 348 g/mol. The summed E-state index contributed by atoms with van der Waals surface area (Å²) in [6.45, 7) is 3.87. The van der Waals surface area contributed by atoms with Crippen LogP contribution in [0.3, 0.4) is 0 Å². The predicted molar refractivity (Wildman–Crippen MR) is 95.9 cm³/mol. The maximum Gasteiger partial charge on any atom is 0.209 e. The molecule has 24 heavy (non-hydrogen) atoms. The van der Waals surface area contributed by atoms with Crippen LogP contribution in [0.25, 0.3) is 21.9 Å². The fourth-order valence-electron chi connectivity index (χ4n) is 2.97. The number of rotatable bonds is 4. The van der Waals surface area contributed by atoms with Crippen LogP contribution in [-0.2, 0) is 16.6 Å². The molecule has 0 bridgehead atoms. The van der Waals surface area contributed by atoms with Crippen LogP contribution < -0.4 is 16.2 Å². The second-order valence-electron chi connectivity index (χ2n) is 6.53. The molecule has 0 amide bonds. The van der Waals surface area contributed by atoms with Gasteiger partial charge in [0, 0.05) is 17.5 Å². The van der Waals surface area contributed by atoms with Crippen molar-refractivity contribution in [2.75, 3.05) is 17.7 Å². The average molecular weight is 348 g/mol. The molecule has 0 aliphatic heterocycles. The second-order valence-corrected chi connectivity index (χ2v) is 8.27. The van der Waals surface area contributed by atoms with Crippen molar-refractivity contribution in [3.8, 4) is 0 Å². The van der Waals surface area contributed by atoms with Gasteiger partial charge in [-0.2, -0.15) is 0 Å². The second kappa shape index (κ2) is 5.32. The first-order valence-corrected chi connectivity index (χ1v) is 9.25. The summed E-state index contributed by atoms with van der Waals surface area (Å²) in [4.78, 5) is 8.67. The van der Waals surface area contributed by atoms with Crippen molar-refractivity contribution in [2.24, 2.45) is 0 Å². The van der Waals surface area contributed by atoms with Crippen molar-refractivity contribution in [3.05, 3.63) is 24.3 Å². The minimum Gasteiger partial charge on any atom is -0.382 e. The molecule has 8 nitrogen and oxygen atoms in total. The number of fused-ring (bicyclic) bond motifs is 3. The van der Waals surface area contributed by atoms with E-state index in [-0.39, 0.29) is 5.95 Å². The van der Waals surface area contributed by atoms with E-state index in [4.69, 9.17) is 11.5 Å². The number of imidazole rings is 1. The number of nitrogens with one attached hydrogen (secondary N) is 1. The van der Waals surface area contributed by atoms with E-state index in [9.17, 15) is 8.42 Å². The first-order valence-electron chi connectivity index (χ1n) is 7.36. The summed E-state index contributed by atoms with van der Waals surface area (Å²) in [7, 11) is -3.36. The number of hydrogen-bond donors (Lipinski definition) is 3. The number of aromatic nitrogens is 3. The Bertz CT molecular complexity index is 1040. The van der Waals surface area contributed by atoms with Crippen molar-refractivity contribution in [2.45, 2.75) is 25.9 Å². The van der Waals surface area contributed by atoms with Gasteiger partial charge < -0.3 is 16.0 Å². The summed E-state index contributed by atoms with van der Waals surface area (Å²) in [6, 6.07) is 7.55. The Labute approximate surface area is 139 Å². The van der Waals surface area contributed by atoms with Gasteiger partial charge in [-0.3, -0.25) is 0 Å². The Kier molecular flexibility index (Phi) is 3.65. The van der Waals surface area contributed by atoms with Gasteiger partial charge in [-0.25, -0.2) is 23.1 Å². The van der Waals surface area contributed by atoms with Gasteiger partial charge in [0.25, 0.3) is 0 Å². The molecule has 0 spiro atoms. The van der Waals surface area contributed by atoms with Crippen molar-refractivity contribution in [1.82, 2.24) is 19.3 Å². The standard InChI is InChI=1S/C15H20N6O2S/c1-15(2,20-24(3,22)23)8-21-12-9-6-4-5-7-10(9)18-13(16)11(12)19-14(21)17/h4-7,20H,8H2,1-3H3,(H2,16,18)(H2,17,19). The van der Waals surface area contributed by atoms with Crippen LogP contribution in [0.2, 0.25) is 0 Å². The number of hydrogen-bond acceptors (Lipinski definition) is 6. The number of para-hydroxylation sites is 1. The highest BCUT2D eigenvalue weighted by molar-refractivity contribution is 7.88. The van der Waals surface area contributed by atoms with Gasteiger partial charge >= 0.3 is 0 Å².